The summed E-state index contributed by atoms with van der Waals surface area (Å²) in [4.78, 5) is 7.04. The lowest BCUT2D eigenvalue weighted by Gasteiger charge is -2.30. The fourth-order valence-corrected chi connectivity index (χ4v) is 3.03. The fourth-order valence-electron chi connectivity index (χ4n) is 2.59. The third kappa shape index (κ3) is 2.40. The van der Waals surface area contributed by atoms with E-state index in [1.807, 2.05) is 12.3 Å². The van der Waals surface area contributed by atoms with Crippen molar-refractivity contribution in [1.82, 2.24) is 4.98 Å². The Morgan fingerprint density at radius 2 is 2.19 bits per heavy atom. The van der Waals surface area contributed by atoms with Crippen LogP contribution in [0.5, 0.6) is 0 Å². The lowest BCUT2D eigenvalue weighted by atomic mass is 10.2. The Morgan fingerprint density at radius 3 is 2.81 bits per heavy atom. The third-order valence-corrected chi connectivity index (χ3v) is 3.99. The highest BCUT2D eigenvalue weighted by molar-refractivity contribution is 9.08. The van der Waals surface area contributed by atoms with Crippen molar-refractivity contribution in [1.29, 1.82) is 0 Å². The summed E-state index contributed by atoms with van der Waals surface area (Å²) in [6.45, 7) is 3.28. The van der Waals surface area contributed by atoms with Crippen molar-refractivity contribution in [2.45, 2.75) is 44.0 Å². The highest BCUT2D eigenvalue weighted by Gasteiger charge is 2.23. The van der Waals surface area contributed by atoms with Crippen LogP contribution in [0.2, 0.25) is 0 Å². The molecule has 1 aromatic rings. The second-order valence-corrected chi connectivity index (χ2v) is 4.90. The van der Waals surface area contributed by atoms with E-state index in [0.29, 0.717) is 6.04 Å². The van der Waals surface area contributed by atoms with Crippen molar-refractivity contribution in [3.8, 4) is 0 Å². The maximum atomic E-state index is 4.56. The average Bonchev–Trinajstić information content (AvgIpc) is 2.84. The number of hydrogen-bond donors (Lipinski definition) is 0. The minimum absolute atomic E-state index is 0.706. The van der Waals surface area contributed by atoms with Gasteiger partial charge in [0.05, 0.1) is 0 Å². The summed E-state index contributed by atoms with van der Waals surface area (Å²) in [7, 11) is 0. The first kappa shape index (κ1) is 11.9. The molecule has 0 radical (unpaired) electrons. The summed E-state index contributed by atoms with van der Waals surface area (Å²) >= 11 is 3.55. The van der Waals surface area contributed by atoms with E-state index < -0.39 is 0 Å². The largest absolute Gasteiger partial charge is 0.354 e. The average molecular weight is 283 g/mol. The first-order valence-corrected chi connectivity index (χ1v) is 7.25. The second-order valence-electron chi connectivity index (χ2n) is 4.34. The number of alkyl halides is 1. The molecule has 1 fully saturated rings. The lowest BCUT2D eigenvalue weighted by molar-refractivity contribution is 0.611. The molecule has 1 heterocycles. The van der Waals surface area contributed by atoms with E-state index >= 15 is 0 Å². The van der Waals surface area contributed by atoms with Gasteiger partial charge in [0.1, 0.15) is 5.82 Å². The number of anilines is 1. The first-order valence-electron chi connectivity index (χ1n) is 6.13. The summed E-state index contributed by atoms with van der Waals surface area (Å²) < 4.78 is 0. The van der Waals surface area contributed by atoms with Gasteiger partial charge in [0.25, 0.3) is 0 Å². The Labute approximate surface area is 106 Å². The van der Waals surface area contributed by atoms with Gasteiger partial charge in [-0.25, -0.2) is 4.98 Å². The molecular weight excluding hydrogens is 264 g/mol. The van der Waals surface area contributed by atoms with Gasteiger partial charge in [0.15, 0.2) is 0 Å². The quantitative estimate of drug-likeness (QED) is 0.782. The fraction of sp³-hybridized carbons (Fsp3) is 0.615. The molecule has 1 aliphatic rings. The lowest BCUT2D eigenvalue weighted by Crippen LogP contribution is -2.34. The molecule has 0 bridgehead atoms. The second kappa shape index (κ2) is 5.67. The van der Waals surface area contributed by atoms with E-state index in [4.69, 9.17) is 0 Å². The smallest absolute Gasteiger partial charge is 0.132 e. The Morgan fingerprint density at radius 1 is 1.44 bits per heavy atom. The normalized spacial score (nSPS) is 16.6. The van der Waals surface area contributed by atoms with Gasteiger partial charge in [-0.1, -0.05) is 34.8 Å². The van der Waals surface area contributed by atoms with Crippen LogP contribution in [0, 0.1) is 0 Å². The van der Waals surface area contributed by atoms with Gasteiger partial charge >= 0.3 is 0 Å². The summed E-state index contributed by atoms with van der Waals surface area (Å²) in [6, 6.07) is 4.88. The van der Waals surface area contributed by atoms with Crippen LogP contribution in [0.1, 0.15) is 38.2 Å². The van der Waals surface area contributed by atoms with Crippen LogP contribution in [0.3, 0.4) is 0 Å². The molecule has 1 aromatic heterocycles. The van der Waals surface area contributed by atoms with Crippen molar-refractivity contribution >= 4 is 21.7 Å². The van der Waals surface area contributed by atoms with E-state index in [1.54, 1.807) is 0 Å². The van der Waals surface area contributed by atoms with E-state index in [2.05, 4.69) is 38.8 Å². The molecular formula is C13H19BrN2. The van der Waals surface area contributed by atoms with Gasteiger partial charge in [0.2, 0.25) is 0 Å². The molecule has 0 aromatic carbocycles. The number of hydrogen-bond acceptors (Lipinski definition) is 2. The van der Waals surface area contributed by atoms with Gasteiger partial charge in [0, 0.05) is 29.7 Å². The summed E-state index contributed by atoms with van der Waals surface area (Å²) in [5, 5.41) is 0.888. The van der Waals surface area contributed by atoms with Gasteiger partial charge in [-0.15, -0.1) is 0 Å². The minimum Gasteiger partial charge on any atom is -0.354 e. The van der Waals surface area contributed by atoms with Crippen molar-refractivity contribution < 1.29 is 0 Å². The summed E-state index contributed by atoms with van der Waals surface area (Å²) in [6.07, 6.45) is 7.30. The molecule has 16 heavy (non-hydrogen) atoms. The standard InChI is InChI=1S/C13H19BrN2/c1-2-16(12-7-3-4-8-12)13-11(10-14)6-5-9-15-13/h5-6,9,12H,2-4,7-8,10H2,1H3. The molecule has 1 aliphatic carbocycles. The predicted molar refractivity (Wildman–Crippen MR) is 72.1 cm³/mol. The predicted octanol–water partition coefficient (Wildman–Crippen LogP) is 3.75. The van der Waals surface area contributed by atoms with Crippen LogP contribution in [0.15, 0.2) is 18.3 Å². The number of aromatic nitrogens is 1. The topological polar surface area (TPSA) is 16.1 Å². The molecule has 0 N–H and O–H groups in total. The number of nitrogens with zero attached hydrogens (tertiary/aromatic N) is 2. The molecule has 1 saturated carbocycles. The molecule has 0 atom stereocenters. The Hall–Kier alpha value is -0.570. The van der Waals surface area contributed by atoms with Gasteiger partial charge < -0.3 is 4.90 Å². The van der Waals surface area contributed by atoms with E-state index in [0.717, 1.165) is 11.9 Å². The molecule has 0 saturated heterocycles. The minimum atomic E-state index is 0.706. The zero-order chi connectivity index (χ0) is 11.4. The van der Waals surface area contributed by atoms with Crippen LogP contribution in [0.4, 0.5) is 5.82 Å². The Kier molecular flexibility index (Phi) is 4.22. The van der Waals surface area contributed by atoms with E-state index in [9.17, 15) is 0 Å². The summed E-state index contributed by atoms with van der Waals surface area (Å²) in [5.74, 6) is 1.17. The van der Waals surface area contributed by atoms with Crippen LogP contribution >= 0.6 is 15.9 Å². The van der Waals surface area contributed by atoms with E-state index in [-0.39, 0.29) is 0 Å². The van der Waals surface area contributed by atoms with Crippen molar-refractivity contribution in [2.75, 3.05) is 11.4 Å². The van der Waals surface area contributed by atoms with Crippen LogP contribution in [-0.4, -0.2) is 17.6 Å². The highest BCUT2D eigenvalue weighted by atomic mass is 79.9. The number of halogens is 1. The maximum Gasteiger partial charge on any atom is 0.132 e. The molecule has 0 aliphatic heterocycles. The zero-order valence-corrected chi connectivity index (χ0v) is 11.4. The SMILES string of the molecule is CCN(c1ncccc1CBr)C1CCCC1. The molecule has 0 unspecified atom stereocenters. The van der Waals surface area contributed by atoms with Crippen LogP contribution < -0.4 is 4.90 Å². The molecule has 3 heteroatoms. The van der Waals surface area contributed by atoms with Crippen molar-refractivity contribution in [3.05, 3.63) is 23.9 Å². The van der Waals surface area contributed by atoms with Gasteiger partial charge in [-0.3, -0.25) is 0 Å². The number of rotatable bonds is 4. The van der Waals surface area contributed by atoms with Gasteiger partial charge in [-0.05, 0) is 25.8 Å². The molecule has 2 nitrogen and oxygen atoms in total. The Bertz CT molecular complexity index is 334. The monoisotopic (exact) mass is 282 g/mol. The third-order valence-electron chi connectivity index (χ3n) is 3.39. The van der Waals surface area contributed by atoms with Crippen molar-refractivity contribution in [2.24, 2.45) is 0 Å². The molecule has 2 rings (SSSR count). The van der Waals surface area contributed by atoms with Crippen molar-refractivity contribution in [3.63, 3.8) is 0 Å². The maximum absolute atomic E-state index is 4.56. The summed E-state index contributed by atoms with van der Waals surface area (Å²) in [5.41, 5.74) is 1.30. The van der Waals surface area contributed by atoms with Crippen LogP contribution in [-0.2, 0) is 5.33 Å². The van der Waals surface area contributed by atoms with E-state index in [1.165, 1.54) is 37.1 Å². The molecule has 0 spiro atoms. The molecule has 88 valence electrons. The number of pyridine rings is 1. The zero-order valence-electron chi connectivity index (χ0n) is 9.82. The Balaban J connectivity index is 2.24. The molecule has 0 amide bonds. The first-order chi connectivity index (χ1) is 7.86. The highest BCUT2D eigenvalue weighted by Crippen LogP contribution is 2.29. The van der Waals surface area contributed by atoms with Gasteiger partial charge in [-0.2, -0.15) is 0 Å². The van der Waals surface area contributed by atoms with Crippen LogP contribution in [0.25, 0.3) is 0 Å².